The Morgan fingerprint density at radius 3 is 2.63 bits per heavy atom. The molecule has 2 aromatic rings. The van der Waals surface area contributed by atoms with Gasteiger partial charge in [0.25, 0.3) is 0 Å². The number of amides is 1. The Hall–Kier alpha value is -1.05. The van der Waals surface area contributed by atoms with E-state index in [0.29, 0.717) is 24.1 Å². The third kappa shape index (κ3) is 6.80. The molecule has 0 saturated heterocycles. The van der Waals surface area contributed by atoms with Crippen LogP contribution in [-0.4, -0.2) is 23.0 Å². The Balaban J connectivity index is 0.00000182. The smallest absolute Gasteiger partial charge is 0.226 e. The third-order valence-electron chi connectivity index (χ3n) is 4.44. The lowest BCUT2D eigenvalue weighted by molar-refractivity contribution is -0.122. The normalized spacial score (nSPS) is 15.1. The number of rotatable bonds is 8. The standard InChI is InChI=1S/C18H22ClN3O2S.2ClH/c1-18(11-20,12-2-3-12)22-16(23)8-14-10-25-17(21-14)9-24-15-6-4-13(19)5-7-15;;/h4-7,10,12H,2-3,8-9,11,20H2,1H3,(H,22,23);2*1H. The largest absolute Gasteiger partial charge is 0.486 e. The summed E-state index contributed by atoms with van der Waals surface area (Å²) in [5.74, 6) is 1.21. The van der Waals surface area contributed by atoms with E-state index in [1.54, 1.807) is 12.1 Å². The van der Waals surface area contributed by atoms with Crippen LogP contribution < -0.4 is 15.8 Å². The number of nitrogens with one attached hydrogen (secondary N) is 1. The van der Waals surface area contributed by atoms with Crippen molar-refractivity contribution in [2.45, 2.75) is 38.3 Å². The number of aromatic nitrogens is 1. The molecule has 0 spiro atoms. The van der Waals surface area contributed by atoms with E-state index in [1.165, 1.54) is 11.3 Å². The molecule has 3 rings (SSSR count). The second-order valence-electron chi connectivity index (χ2n) is 6.60. The highest BCUT2D eigenvalue weighted by Gasteiger charge is 2.41. The first-order valence-electron chi connectivity index (χ1n) is 8.31. The molecule has 1 aliphatic carbocycles. The molecule has 0 bridgehead atoms. The van der Waals surface area contributed by atoms with E-state index in [9.17, 15) is 4.79 Å². The first-order chi connectivity index (χ1) is 12.0. The Labute approximate surface area is 180 Å². The van der Waals surface area contributed by atoms with Gasteiger partial charge in [0.05, 0.1) is 17.7 Å². The van der Waals surface area contributed by atoms with Gasteiger partial charge in [0.15, 0.2) is 0 Å². The Kier molecular flexibility index (Phi) is 9.31. The van der Waals surface area contributed by atoms with Gasteiger partial charge in [-0.05, 0) is 49.9 Å². The lowest BCUT2D eigenvalue weighted by Gasteiger charge is -2.29. The Morgan fingerprint density at radius 1 is 1.37 bits per heavy atom. The number of nitrogens with two attached hydrogens (primary N) is 1. The summed E-state index contributed by atoms with van der Waals surface area (Å²) in [6.45, 7) is 2.85. The summed E-state index contributed by atoms with van der Waals surface area (Å²) in [4.78, 5) is 16.8. The molecule has 5 nitrogen and oxygen atoms in total. The van der Waals surface area contributed by atoms with Gasteiger partial charge in [-0.1, -0.05) is 11.6 Å². The summed E-state index contributed by atoms with van der Waals surface area (Å²) in [7, 11) is 0. The number of thiazole rings is 1. The van der Waals surface area contributed by atoms with Crippen LogP contribution in [0.5, 0.6) is 5.75 Å². The molecule has 1 unspecified atom stereocenters. The SMILES string of the molecule is CC(CN)(NC(=O)Cc1csc(COc2ccc(Cl)cc2)n1)C1CC1.Cl.Cl. The van der Waals surface area contributed by atoms with Crippen molar-refractivity contribution in [3.05, 3.63) is 45.4 Å². The van der Waals surface area contributed by atoms with Gasteiger partial charge in [0, 0.05) is 16.9 Å². The first kappa shape index (κ1) is 24.0. The van der Waals surface area contributed by atoms with E-state index in [0.717, 1.165) is 29.3 Å². The molecular formula is C18H24Cl3N3O2S. The average Bonchev–Trinajstić information content (AvgIpc) is 3.36. The molecule has 9 heteroatoms. The second-order valence-corrected chi connectivity index (χ2v) is 7.98. The topological polar surface area (TPSA) is 77.2 Å². The fraction of sp³-hybridized carbons (Fsp3) is 0.444. The zero-order valence-electron chi connectivity index (χ0n) is 14.9. The van der Waals surface area contributed by atoms with Crippen molar-refractivity contribution in [3.8, 4) is 5.75 Å². The summed E-state index contributed by atoms with van der Waals surface area (Å²) in [5.41, 5.74) is 6.30. The maximum absolute atomic E-state index is 12.3. The third-order valence-corrected chi connectivity index (χ3v) is 5.57. The summed E-state index contributed by atoms with van der Waals surface area (Å²) >= 11 is 7.34. The van der Waals surface area contributed by atoms with Crippen molar-refractivity contribution in [1.82, 2.24) is 10.3 Å². The van der Waals surface area contributed by atoms with Crippen molar-refractivity contribution < 1.29 is 9.53 Å². The molecule has 1 aromatic carbocycles. The maximum Gasteiger partial charge on any atom is 0.226 e. The van der Waals surface area contributed by atoms with Crippen LogP contribution in [0.2, 0.25) is 5.02 Å². The van der Waals surface area contributed by atoms with Gasteiger partial charge in [-0.3, -0.25) is 4.79 Å². The van der Waals surface area contributed by atoms with Crippen molar-refractivity contribution in [3.63, 3.8) is 0 Å². The van der Waals surface area contributed by atoms with Crippen LogP contribution in [0.25, 0.3) is 0 Å². The molecule has 1 aromatic heterocycles. The van der Waals surface area contributed by atoms with Crippen LogP contribution in [-0.2, 0) is 17.8 Å². The molecule has 1 aliphatic rings. The van der Waals surface area contributed by atoms with Crippen LogP contribution >= 0.6 is 47.8 Å². The Bertz CT molecular complexity index is 738. The van der Waals surface area contributed by atoms with E-state index in [4.69, 9.17) is 22.1 Å². The van der Waals surface area contributed by atoms with Gasteiger partial charge in [-0.15, -0.1) is 36.2 Å². The highest BCUT2D eigenvalue weighted by molar-refractivity contribution is 7.09. The second kappa shape index (κ2) is 10.5. The van der Waals surface area contributed by atoms with Crippen LogP contribution in [0.4, 0.5) is 0 Å². The van der Waals surface area contributed by atoms with E-state index in [1.807, 2.05) is 24.4 Å². The predicted molar refractivity (Wildman–Crippen MR) is 114 cm³/mol. The van der Waals surface area contributed by atoms with Gasteiger partial charge < -0.3 is 15.8 Å². The van der Waals surface area contributed by atoms with E-state index < -0.39 is 0 Å². The number of hydrogen-bond donors (Lipinski definition) is 2. The maximum atomic E-state index is 12.3. The van der Waals surface area contributed by atoms with Gasteiger partial charge in [0.1, 0.15) is 17.4 Å². The molecule has 1 atom stereocenters. The van der Waals surface area contributed by atoms with Gasteiger partial charge >= 0.3 is 0 Å². The number of hydrogen-bond acceptors (Lipinski definition) is 5. The highest BCUT2D eigenvalue weighted by Crippen LogP contribution is 2.39. The fourth-order valence-electron chi connectivity index (χ4n) is 2.74. The average molecular weight is 453 g/mol. The monoisotopic (exact) mass is 451 g/mol. The van der Waals surface area contributed by atoms with Crippen LogP contribution in [0, 0.1) is 5.92 Å². The molecule has 1 saturated carbocycles. The van der Waals surface area contributed by atoms with Crippen molar-refractivity contribution in [2.24, 2.45) is 11.7 Å². The minimum atomic E-state index is -0.298. The van der Waals surface area contributed by atoms with Crippen LogP contribution in [0.15, 0.2) is 29.6 Å². The molecule has 27 heavy (non-hydrogen) atoms. The van der Waals surface area contributed by atoms with Gasteiger partial charge in [-0.2, -0.15) is 0 Å². The summed E-state index contributed by atoms with van der Waals surface area (Å²) in [6, 6.07) is 7.19. The minimum Gasteiger partial charge on any atom is -0.486 e. The van der Waals surface area contributed by atoms with E-state index >= 15 is 0 Å². The Morgan fingerprint density at radius 2 is 2.04 bits per heavy atom. The fourth-order valence-corrected chi connectivity index (χ4v) is 3.57. The number of nitrogens with zero attached hydrogens (tertiary/aromatic N) is 1. The zero-order valence-corrected chi connectivity index (χ0v) is 18.1. The number of carbonyl (C=O) groups is 1. The number of halogens is 3. The van der Waals surface area contributed by atoms with Crippen molar-refractivity contribution in [1.29, 1.82) is 0 Å². The molecule has 0 radical (unpaired) electrons. The van der Waals surface area contributed by atoms with Gasteiger partial charge in [-0.25, -0.2) is 4.98 Å². The highest BCUT2D eigenvalue weighted by atomic mass is 35.5. The van der Waals surface area contributed by atoms with Gasteiger partial charge in [0.2, 0.25) is 5.91 Å². The lowest BCUT2D eigenvalue weighted by Crippen LogP contribution is -2.53. The number of ether oxygens (including phenoxy) is 1. The molecular weight excluding hydrogens is 429 g/mol. The molecule has 150 valence electrons. The molecule has 0 aliphatic heterocycles. The predicted octanol–water partition coefficient (Wildman–Crippen LogP) is 4.01. The molecule has 1 fully saturated rings. The number of benzene rings is 1. The van der Waals surface area contributed by atoms with E-state index in [-0.39, 0.29) is 42.7 Å². The van der Waals surface area contributed by atoms with Crippen LogP contribution in [0.3, 0.4) is 0 Å². The van der Waals surface area contributed by atoms with Crippen molar-refractivity contribution >= 4 is 53.7 Å². The number of carbonyl (C=O) groups excluding carboxylic acids is 1. The summed E-state index contributed by atoms with van der Waals surface area (Å²) < 4.78 is 5.68. The quantitative estimate of drug-likeness (QED) is 0.634. The first-order valence-corrected chi connectivity index (χ1v) is 9.57. The van der Waals surface area contributed by atoms with Crippen molar-refractivity contribution in [2.75, 3.05) is 6.54 Å². The molecule has 1 heterocycles. The lowest BCUT2D eigenvalue weighted by atomic mass is 9.95. The molecule has 3 N–H and O–H groups in total. The van der Waals surface area contributed by atoms with Crippen LogP contribution in [0.1, 0.15) is 30.5 Å². The summed E-state index contributed by atoms with van der Waals surface area (Å²) in [6.07, 6.45) is 2.54. The minimum absolute atomic E-state index is 0. The summed E-state index contributed by atoms with van der Waals surface area (Å²) in [5, 5.41) is 6.49. The van der Waals surface area contributed by atoms with E-state index in [2.05, 4.69) is 10.3 Å². The molecule has 1 amide bonds. The zero-order chi connectivity index (χ0) is 17.9.